The highest BCUT2D eigenvalue weighted by atomic mass is 35.5. The fourth-order valence-electron chi connectivity index (χ4n) is 3.91. The largest absolute Gasteiger partial charge is 0.508 e. The first-order valence-electron chi connectivity index (χ1n) is 12.0. The Balaban J connectivity index is 1.97. The zero-order valence-corrected chi connectivity index (χ0v) is 22.3. The smallest absolute Gasteiger partial charge is 0.408 e. The fraction of sp³-hybridized carbons (Fsp3) is 0.444. The van der Waals surface area contributed by atoms with E-state index in [1.807, 2.05) is 13.0 Å². The van der Waals surface area contributed by atoms with Crippen LogP contribution >= 0.6 is 11.6 Å². The van der Waals surface area contributed by atoms with Gasteiger partial charge in [0.25, 0.3) is 5.91 Å². The maximum Gasteiger partial charge on any atom is 0.408 e. The summed E-state index contributed by atoms with van der Waals surface area (Å²) in [5, 5.41) is 15.9. The molecule has 0 radical (unpaired) electrons. The molecule has 0 bridgehead atoms. The van der Waals surface area contributed by atoms with Gasteiger partial charge in [-0.1, -0.05) is 29.8 Å². The fourth-order valence-corrected chi connectivity index (χ4v) is 4.18. The number of alkyl carbamates (subject to hydrolysis) is 1. The number of hydrogen-bond acceptors (Lipinski definition) is 5. The third kappa shape index (κ3) is 6.69. The summed E-state index contributed by atoms with van der Waals surface area (Å²) in [5.74, 6) is -0.768. The van der Waals surface area contributed by atoms with Gasteiger partial charge in [0.05, 0.1) is 10.7 Å². The Morgan fingerprint density at radius 1 is 1.11 bits per heavy atom. The molecule has 0 aromatic heterocycles. The van der Waals surface area contributed by atoms with E-state index >= 15 is 0 Å². The molecule has 8 nitrogen and oxygen atoms in total. The number of phenols is 1. The van der Waals surface area contributed by atoms with Crippen LogP contribution in [-0.2, 0) is 14.3 Å². The Labute approximate surface area is 217 Å². The first-order valence-corrected chi connectivity index (χ1v) is 12.3. The Bertz CT molecular complexity index is 1140. The molecule has 1 aliphatic rings. The van der Waals surface area contributed by atoms with E-state index < -0.39 is 35.6 Å². The minimum Gasteiger partial charge on any atom is -0.508 e. The molecule has 3 amide bonds. The third-order valence-electron chi connectivity index (χ3n) is 5.83. The number of aryl methyl sites for hydroxylation is 2. The topological polar surface area (TPSA) is 108 Å². The molecule has 0 aliphatic heterocycles. The van der Waals surface area contributed by atoms with Crippen molar-refractivity contribution in [2.75, 3.05) is 5.32 Å². The highest BCUT2D eigenvalue weighted by Crippen LogP contribution is 2.37. The lowest BCUT2D eigenvalue weighted by Gasteiger charge is -2.34. The molecule has 0 saturated heterocycles. The number of phenolic OH excluding ortho intramolecular Hbond substituents is 1. The molecule has 3 rings (SSSR count). The van der Waals surface area contributed by atoms with Crippen molar-refractivity contribution in [2.24, 2.45) is 0 Å². The van der Waals surface area contributed by atoms with Crippen molar-refractivity contribution < 1.29 is 24.2 Å². The van der Waals surface area contributed by atoms with Gasteiger partial charge in [-0.15, -0.1) is 0 Å². The van der Waals surface area contributed by atoms with Gasteiger partial charge >= 0.3 is 6.09 Å². The van der Waals surface area contributed by atoms with E-state index in [0.717, 1.165) is 18.4 Å². The lowest BCUT2D eigenvalue weighted by molar-refractivity contribution is -0.141. The van der Waals surface area contributed by atoms with Gasteiger partial charge in [0.1, 0.15) is 23.4 Å². The number of benzene rings is 2. The number of carbonyl (C=O) groups excluding carboxylic acids is 3. The molecule has 9 heteroatoms. The number of nitrogens with zero attached hydrogens (tertiary/aromatic N) is 1. The van der Waals surface area contributed by atoms with Gasteiger partial charge < -0.3 is 25.4 Å². The second kappa shape index (κ2) is 10.8. The molecule has 2 aromatic carbocycles. The quantitative estimate of drug-likeness (QED) is 0.467. The van der Waals surface area contributed by atoms with Crippen molar-refractivity contribution in [1.82, 2.24) is 10.2 Å². The number of amides is 3. The molecular formula is C27H34ClN3O5. The van der Waals surface area contributed by atoms with Crippen LogP contribution < -0.4 is 10.6 Å². The third-order valence-corrected chi connectivity index (χ3v) is 6.15. The predicted octanol–water partition coefficient (Wildman–Crippen LogP) is 5.25. The molecule has 36 heavy (non-hydrogen) atoms. The number of ether oxygens (including phenoxy) is 1. The zero-order chi connectivity index (χ0) is 26.8. The van der Waals surface area contributed by atoms with Gasteiger partial charge in [0.15, 0.2) is 0 Å². The molecule has 2 aromatic rings. The van der Waals surface area contributed by atoms with Crippen molar-refractivity contribution >= 4 is 35.2 Å². The summed E-state index contributed by atoms with van der Waals surface area (Å²) in [4.78, 5) is 41.3. The normalized spacial score (nSPS) is 15.0. The molecule has 1 fully saturated rings. The number of rotatable bonds is 7. The van der Waals surface area contributed by atoms with E-state index in [-0.39, 0.29) is 11.8 Å². The second-order valence-electron chi connectivity index (χ2n) is 10.2. The van der Waals surface area contributed by atoms with E-state index in [1.54, 1.807) is 58.9 Å². The van der Waals surface area contributed by atoms with Gasteiger partial charge in [-0.2, -0.15) is 0 Å². The van der Waals surface area contributed by atoms with Crippen LogP contribution in [0.1, 0.15) is 63.3 Å². The Kier molecular flexibility index (Phi) is 8.19. The SMILES string of the molecule is Cc1cc(C(C(=O)Nc2c(C)cccc2Cl)N(C(=O)C(C)NC(=O)OC(C)(C)C)C2CC2)ccc1O. The number of aromatic hydroxyl groups is 1. The minimum absolute atomic E-state index is 0.0871. The first kappa shape index (κ1) is 27.3. The number of nitrogens with one attached hydrogen (secondary N) is 2. The molecule has 0 heterocycles. The first-order chi connectivity index (χ1) is 16.8. The lowest BCUT2D eigenvalue weighted by Crippen LogP contribution is -2.52. The maximum atomic E-state index is 13.8. The van der Waals surface area contributed by atoms with Gasteiger partial charge in [-0.3, -0.25) is 9.59 Å². The summed E-state index contributed by atoms with van der Waals surface area (Å²) < 4.78 is 5.30. The van der Waals surface area contributed by atoms with Gasteiger partial charge in [-0.05, 0) is 89.3 Å². The molecule has 2 atom stereocenters. The molecular weight excluding hydrogens is 482 g/mol. The molecule has 2 unspecified atom stereocenters. The summed E-state index contributed by atoms with van der Waals surface area (Å²) in [5.41, 5.74) is 1.63. The van der Waals surface area contributed by atoms with Crippen molar-refractivity contribution in [3.05, 3.63) is 58.1 Å². The van der Waals surface area contributed by atoms with E-state index in [0.29, 0.717) is 21.8 Å². The molecule has 3 N–H and O–H groups in total. The van der Waals surface area contributed by atoms with Gasteiger partial charge in [0.2, 0.25) is 5.91 Å². The van der Waals surface area contributed by atoms with E-state index in [9.17, 15) is 19.5 Å². The molecule has 1 saturated carbocycles. The van der Waals surface area contributed by atoms with Gasteiger partial charge in [-0.25, -0.2) is 4.79 Å². The number of anilines is 1. The summed E-state index contributed by atoms with van der Waals surface area (Å²) in [7, 11) is 0. The van der Waals surface area contributed by atoms with Crippen LogP contribution in [0, 0.1) is 13.8 Å². The number of hydrogen-bond donors (Lipinski definition) is 3. The van der Waals surface area contributed by atoms with E-state index in [4.69, 9.17) is 16.3 Å². The predicted molar refractivity (Wildman–Crippen MR) is 139 cm³/mol. The summed E-state index contributed by atoms with van der Waals surface area (Å²) in [6, 6.07) is 8.01. The lowest BCUT2D eigenvalue weighted by atomic mass is 10.00. The van der Waals surface area contributed by atoms with Crippen LogP contribution in [0.2, 0.25) is 5.02 Å². The minimum atomic E-state index is -1.01. The number of carbonyl (C=O) groups is 3. The van der Waals surface area contributed by atoms with E-state index in [1.165, 1.54) is 11.0 Å². The number of para-hydroxylation sites is 1. The highest BCUT2D eigenvalue weighted by molar-refractivity contribution is 6.34. The van der Waals surface area contributed by atoms with Crippen LogP contribution in [-0.4, -0.2) is 45.6 Å². The van der Waals surface area contributed by atoms with Crippen molar-refractivity contribution in [3.63, 3.8) is 0 Å². The Hall–Kier alpha value is -3.26. The monoisotopic (exact) mass is 515 g/mol. The average molecular weight is 516 g/mol. The molecule has 194 valence electrons. The number of halogens is 1. The van der Waals surface area contributed by atoms with Gasteiger partial charge in [0, 0.05) is 6.04 Å². The maximum absolute atomic E-state index is 13.8. The Morgan fingerprint density at radius 3 is 2.33 bits per heavy atom. The average Bonchev–Trinajstić information content (AvgIpc) is 3.59. The Morgan fingerprint density at radius 2 is 1.78 bits per heavy atom. The standard InChI is InChI=1S/C27H34ClN3O5/c1-15-8-7-9-20(28)22(15)30-24(33)23(18-10-13-21(32)16(2)14-18)31(19-11-12-19)25(34)17(3)29-26(35)36-27(4,5)6/h7-10,13-14,17,19,23,32H,11-12H2,1-6H3,(H,29,35)(H,30,33). The molecule has 1 aliphatic carbocycles. The summed E-state index contributed by atoms with van der Waals surface area (Å²) in [6.07, 6.45) is 0.751. The van der Waals surface area contributed by atoms with E-state index in [2.05, 4.69) is 10.6 Å². The van der Waals surface area contributed by atoms with Crippen LogP contribution in [0.5, 0.6) is 5.75 Å². The van der Waals surface area contributed by atoms with Crippen molar-refractivity contribution in [2.45, 2.75) is 78.1 Å². The summed E-state index contributed by atoms with van der Waals surface area (Å²) in [6.45, 7) is 10.3. The zero-order valence-electron chi connectivity index (χ0n) is 21.5. The van der Waals surface area contributed by atoms with Crippen LogP contribution in [0.3, 0.4) is 0 Å². The molecule has 0 spiro atoms. The van der Waals surface area contributed by atoms with Crippen LogP contribution in [0.15, 0.2) is 36.4 Å². The van der Waals surface area contributed by atoms with Crippen molar-refractivity contribution in [3.8, 4) is 5.75 Å². The summed E-state index contributed by atoms with van der Waals surface area (Å²) >= 11 is 6.36. The second-order valence-corrected chi connectivity index (χ2v) is 10.6. The highest BCUT2D eigenvalue weighted by Gasteiger charge is 2.43. The van der Waals surface area contributed by atoms with Crippen LogP contribution in [0.4, 0.5) is 10.5 Å². The van der Waals surface area contributed by atoms with Crippen LogP contribution in [0.25, 0.3) is 0 Å². The van der Waals surface area contributed by atoms with Crippen molar-refractivity contribution in [1.29, 1.82) is 0 Å².